The number of nitrogens with one attached hydrogen (secondary N) is 1. The molecule has 1 saturated heterocycles. The summed E-state index contributed by atoms with van der Waals surface area (Å²) in [5.41, 5.74) is -1.30. The van der Waals surface area contributed by atoms with Crippen LogP contribution in [0, 0.1) is 15.5 Å². The van der Waals surface area contributed by atoms with Crippen LogP contribution in [0.3, 0.4) is 0 Å². The van der Waals surface area contributed by atoms with Crippen molar-refractivity contribution in [3.63, 3.8) is 0 Å². The Morgan fingerprint density at radius 2 is 1.96 bits per heavy atom. The normalized spacial score (nSPS) is 25.6. The van der Waals surface area contributed by atoms with E-state index in [2.05, 4.69) is 4.72 Å². The summed E-state index contributed by atoms with van der Waals surface area (Å²) in [5.74, 6) is 0. The molecule has 11 heteroatoms. The van der Waals surface area contributed by atoms with Crippen molar-refractivity contribution in [2.24, 2.45) is 5.41 Å². The molecular formula is C14H16Cl2N2O6S. The van der Waals surface area contributed by atoms with Gasteiger partial charge in [-0.15, -0.1) is 0 Å². The number of aliphatic hydroxyl groups is 1. The molecule has 1 aliphatic carbocycles. The van der Waals surface area contributed by atoms with Crippen LogP contribution in [0.4, 0.5) is 5.69 Å². The fraction of sp³-hybridized carbons (Fsp3) is 0.571. The summed E-state index contributed by atoms with van der Waals surface area (Å²) in [4.78, 5) is 9.77. The Morgan fingerprint density at radius 3 is 2.52 bits per heavy atom. The number of nitrogens with zero attached hydrogens (tertiary/aromatic N) is 1. The Morgan fingerprint density at radius 1 is 1.32 bits per heavy atom. The van der Waals surface area contributed by atoms with Gasteiger partial charge in [0.15, 0.2) is 4.90 Å². The molecule has 1 heterocycles. The highest BCUT2D eigenvalue weighted by Gasteiger charge is 2.56. The van der Waals surface area contributed by atoms with Crippen LogP contribution in [0.15, 0.2) is 17.0 Å². The van der Waals surface area contributed by atoms with Gasteiger partial charge in [0.05, 0.1) is 16.0 Å². The van der Waals surface area contributed by atoms with Crippen molar-refractivity contribution in [3.05, 3.63) is 32.3 Å². The summed E-state index contributed by atoms with van der Waals surface area (Å²) in [6, 6.07) is 1.55. The first-order valence-electron chi connectivity index (χ1n) is 7.59. The predicted octanol–water partition coefficient (Wildman–Crippen LogP) is 2.11. The van der Waals surface area contributed by atoms with E-state index in [0.717, 1.165) is 12.1 Å². The number of benzene rings is 1. The van der Waals surface area contributed by atoms with Gasteiger partial charge in [0.25, 0.3) is 5.69 Å². The first-order valence-corrected chi connectivity index (χ1v) is 9.83. The third-order valence-electron chi connectivity index (χ3n) is 4.99. The van der Waals surface area contributed by atoms with Crippen LogP contribution in [0.5, 0.6) is 0 Å². The van der Waals surface area contributed by atoms with Gasteiger partial charge >= 0.3 is 0 Å². The van der Waals surface area contributed by atoms with Crippen LogP contribution < -0.4 is 4.72 Å². The summed E-state index contributed by atoms with van der Waals surface area (Å²) < 4.78 is 33.3. The minimum absolute atomic E-state index is 0.0318. The van der Waals surface area contributed by atoms with Gasteiger partial charge in [0.2, 0.25) is 10.0 Å². The minimum atomic E-state index is -4.28. The quantitative estimate of drug-likeness (QED) is 0.579. The molecule has 0 bridgehead atoms. The minimum Gasteiger partial charge on any atom is -0.392 e. The Hall–Kier alpha value is -0.970. The molecule has 1 spiro atoms. The smallest absolute Gasteiger partial charge is 0.292 e. The van der Waals surface area contributed by atoms with E-state index in [1.54, 1.807) is 0 Å². The lowest BCUT2D eigenvalue weighted by atomic mass is 9.58. The SMILES string of the molecule is O=[N+]([O-])c1cc(Cl)cc(Cl)c1S(=O)(=O)NC1CC(O)C12CCOCC2. The summed E-state index contributed by atoms with van der Waals surface area (Å²) in [6.45, 7) is 0.855. The molecule has 0 radical (unpaired) electrons. The highest BCUT2D eigenvalue weighted by atomic mass is 35.5. The number of nitro benzene ring substituents is 1. The van der Waals surface area contributed by atoms with Crippen molar-refractivity contribution >= 4 is 38.9 Å². The van der Waals surface area contributed by atoms with Gasteiger partial charge in [-0.05, 0) is 25.3 Å². The van der Waals surface area contributed by atoms with E-state index in [9.17, 15) is 23.6 Å². The zero-order valence-corrected chi connectivity index (χ0v) is 15.3. The summed E-state index contributed by atoms with van der Waals surface area (Å²) in [7, 11) is -4.28. The van der Waals surface area contributed by atoms with Gasteiger partial charge in [-0.25, -0.2) is 13.1 Å². The molecule has 0 aromatic heterocycles. The number of nitro groups is 1. The first-order chi connectivity index (χ1) is 11.7. The number of hydrogen-bond donors (Lipinski definition) is 2. The first kappa shape index (κ1) is 18.8. The van der Waals surface area contributed by atoms with Gasteiger partial charge < -0.3 is 9.84 Å². The van der Waals surface area contributed by atoms with Gasteiger partial charge in [0, 0.05) is 35.8 Å². The topological polar surface area (TPSA) is 119 Å². The predicted molar refractivity (Wildman–Crippen MR) is 90.3 cm³/mol. The molecule has 3 rings (SSSR count). The molecule has 0 amide bonds. The molecule has 2 unspecified atom stereocenters. The number of aliphatic hydroxyl groups excluding tert-OH is 1. The summed E-state index contributed by atoms with van der Waals surface area (Å²) >= 11 is 11.7. The average Bonchev–Trinajstić information content (AvgIpc) is 2.54. The standard InChI is InChI=1S/C14H16Cl2N2O6S/c15-8-5-9(16)13(10(6-8)18(20)21)25(22,23)17-11-7-12(19)14(11)1-3-24-4-2-14/h5-6,11-12,17,19H,1-4,7H2. The molecule has 8 nitrogen and oxygen atoms in total. The molecule has 25 heavy (non-hydrogen) atoms. The van der Waals surface area contributed by atoms with E-state index in [0.29, 0.717) is 26.1 Å². The van der Waals surface area contributed by atoms with Crippen LogP contribution in [-0.4, -0.2) is 43.8 Å². The van der Waals surface area contributed by atoms with E-state index in [1.807, 2.05) is 0 Å². The van der Waals surface area contributed by atoms with Crippen molar-refractivity contribution in [1.29, 1.82) is 0 Å². The fourth-order valence-electron chi connectivity index (χ4n) is 3.56. The maximum Gasteiger partial charge on any atom is 0.292 e. The Labute approximate surface area is 154 Å². The number of rotatable bonds is 4. The molecular weight excluding hydrogens is 395 g/mol. The maximum atomic E-state index is 12.8. The Kier molecular flexibility index (Phi) is 5.00. The second kappa shape index (κ2) is 6.64. The molecule has 1 aliphatic heterocycles. The monoisotopic (exact) mass is 410 g/mol. The van der Waals surface area contributed by atoms with E-state index in [1.165, 1.54) is 0 Å². The highest BCUT2D eigenvalue weighted by molar-refractivity contribution is 7.89. The fourth-order valence-corrected chi connectivity index (χ4v) is 5.89. The van der Waals surface area contributed by atoms with E-state index >= 15 is 0 Å². The zero-order valence-electron chi connectivity index (χ0n) is 12.9. The second-order valence-electron chi connectivity index (χ2n) is 6.26. The van der Waals surface area contributed by atoms with Crippen LogP contribution in [0.1, 0.15) is 19.3 Å². The zero-order chi connectivity index (χ0) is 18.4. The second-order valence-corrected chi connectivity index (χ2v) is 8.76. The van der Waals surface area contributed by atoms with Crippen LogP contribution in [0.25, 0.3) is 0 Å². The number of ether oxygens (including phenoxy) is 1. The Balaban J connectivity index is 1.95. The maximum absolute atomic E-state index is 12.8. The van der Waals surface area contributed by atoms with E-state index < -0.39 is 43.1 Å². The van der Waals surface area contributed by atoms with Crippen LogP contribution in [0.2, 0.25) is 10.0 Å². The molecule has 2 fully saturated rings. The van der Waals surface area contributed by atoms with Crippen molar-refractivity contribution in [1.82, 2.24) is 4.72 Å². The van der Waals surface area contributed by atoms with Crippen molar-refractivity contribution in [2.45, 2.75) is 36.3 Å². The average molecular weight is 411 g/mol. The number of halogens is 2. The lowest BCUT2D eigenvalue weighted by Crippen LogP contribution is -2.65. The number of sulfonamides is 1. The molecule has 1 aromatic carbocycles. The molecule has 138 valence electrons. The van der Waals surface area contributed by atoms with Crippen LogP contribution in [-0.2, 0) is 14.8 Å². The lowest BCUT2D eigenvalue weighted by Gasteiger charge is -2.55. The summed E-state index contributed by atoms with van der Waals surface area (Å²) in [6.07, 6.45) is 0.619. The third kappa shape index (κ3) is 3.24. The van der Waals surface area contributed by atoms with E-state index in [4.69, 9.17) is 27.9 Å². The highest BCUT2D eigenvalue weighted by Crippen LogP contribution is 2.49. The molecule has 2 aliphatic rings. The van der Waals surface area contributed by atoms with Gasteiger partial charge in [0.1, 0.15) is 0 Å². The Bertz CT molecular complexity index is 810. The van der Waals surface area contributed by atoms with E-state index in [-0.39, 0.29) is 16.5 Å². The lowest BCUT2D eigenvalue weighted by molar-refractivity contribution is -0.387. The largest absolute Gasteiger partial charge is 0.392 e. The third-order valence-corrected chi connectivity index (χ3v) is 7.18. The van der Waals surface area contributed by atoms with Gasteiger partial charge in [-0.2, -0.15) is 0 Å². The van der Waals surface area contributed by atoms with Gasteiger partial charge in [-0.1, -0.05) is 23.2 Å². The molecule has 2 N–H and O–H groups in total. The number of hydrogen-bond acceptors (Lipinski definition) is 6. The molecule has 1 aromatic rings. The van der Waals surface area contributed by atoms with Gasteiger partial charge in [-0.3, -0.25) is 10.1 Å². The molecule has 1 saturated carbocycles. The van der Waals surface area contributed by atoms with Crippen molar-refractivity contribution in [2.75, 3.05) is 13.2 Å². The molecule has 2 atom stereocenters. The van der Waals surface area contributed by atoms with Crippen molar-refractivity contribution < 1.29 is 23.2 Å². The van der Waals surface area contributed by atoms with Crippen LogP contribution >= 0.6 is 23.2 Å². The van der Waals surface area contributed by atoms with Crippen molar-refractivity contribution in [3.8, 4) is 0 Å². The summed E-state index contributed by atoms with van der Waals surface area (Å²) in [5, 5.41) is 21.0.